The van der Waals surface area contributed by atoms with Gasteiger partial charge in [-0.15, -0.1) is 0 Å². The lowest BCUT2D eigenvalue weighted by Gasteiger charge is -2.37. The number of fused-ring (bicyclic) bond motifs is 1. The molecule has 3 rings (SSSR count). The zero-order chi connectivity index (χ0) is 18.7. The Bertz CT molecular complexity index is 838. The lowest BCUT2D eigenvalue weighted by Crippen LogP contribution is -2.46. The lowest BCUT2D eigenvalue weighted by molar-refractivity contribution is 0.179. The Morgan fingerprint density at radius 1 is 1.23 bits per heavy atom. The van der Waals surface area contributed by atoms with Crippen LogP contribution in [0.1, 0.15) is 29.2 Å². The third-order valence-corrected chi connectivity index (χ3v) is 4.52. The van der Waals surface area contributed by atoms with Gasteiger partial charge in [-0.1, -0.05) is 36.9 Å². The van der Waals surface area contributed by atoms with Gasteiger partial charge in [-0.25, -0.2) is 13.6 Å². The quantitative estimate of drug-likeness (QED) is 0.880. The van der Waals surface area contributed by atoms with Crippen molar-refractivity contribution in [2.45, 2.75) is 18.9 Å². The van der Waals surface area contributed by atoms with Crippen molar-refractivity contribution in [1.29, 1.82) is 0 Å². The summed E-state index contributed by atoms with van der Waals surface area (Å²) in [6, 6.07) is 10.2. The maximum atomic E-state index is 14.5. The van der Waals surface area contributed by atoms with Crippen LogP contribution in [0.2, 0.25) is 0 Å². The van der Waals surface area contributed by atoms with Gasteiger partial charge in [0.15, 0.2) is 0 Å². The average Bonchev–Trinajstić information content (AvgIpc) is 2.60. The standard InChI is InChI=1S/C20H21F2N3O/c1-13(23)8-10-24-20(26)25-11-9-14-4-2-3-5-16(14)19(25)17-7-6-15(21)12-18(17)22/h2-7,12,19H,1,8-11,23H2,(H,24,26)/t19-/m0/s1. The Balaban J connectivity index is 1.95. The Hall–Kier alpha value is -2.89. The van der Waals surface area contributed by atoms with Crippen molar-refractivity contribution in [3.05, 3.63) is 83.1 Å². The molecule has 2 amide bonds. The predicted molar refractivity (Wildman–Crippen MR) is 96.4 cm³/mol. The first-order valence-corrected chi connectivity index (χ1v) is 8.48. The highest BCUT2D eigenvalue weighted by Crippen LogP contribution is 2.36. The molecule has 0 unspecified atom stereocenters. The van der Waals surface area contributed by atoms with Gasteiger partial charge in [0.05, 0.1) is 6.04 Å². The van der Waals surface area contributed by atoms with Crippen LogP contribution in [-0.2, 0) is 6.42 Å². The van der Waals surface area contributed by atoms with E-state index in [1.54, 1.807) is 4.90 Å². The highest BCUT2D eigenvalue weighted by Gasteiger charge is 2.33. The van der Waals surface area contributed by atoms with Gasteiger partial charge in [0.1, 0.15) is 11.6 Å². The number of amides is 2. The van der Waals surface area contributed by atoms with E-state index in [0.717, 1.165) is 17.2 Å². The molecule has 0 radical (unpaired) electrons. The molecule has 2 aromatic carbocycles. The Morgan fingerprint density at radius 3 is 2.73 bits per heavy atom. The summed E-state index contributed by atoms with van der Waals surface area (Å²) in [5.41, 5.74) is 8.19. The number of carbonyl (C=O) groups is 1. The molecule has 0 bridgehead atoms. The van der Waals surface area contributed by atoms with Gasteiger partial charge in [0, 0.05) is 36.8 Å². The molecule has 0 saturated heterocycles. The minimum absolute atomic E-state index is 0.275. The Morgan fingerprint density at radius 2 is 2.00 bits per heavy atom. The molecule has 1 aliphatic heterocycles. The van der Waals surface area contributed by atoms with E-state index < -0.39 is 17.7 Å². The van der Waals surface area contributed by atoms with Crippen LogP contribution in [0.25, 0.3) is 0 Å². The summed E-state index contributed by atoms with van der Waals surface area (Å²) in [4.78, 5) is 14.3. The van der Waals surface area contributed by atoms with Crippen LogP contribution in [-0.4, -0.2) is 24.0 Å². The molecule has 0 aliphatic carbocycles. The predicted octanol–water partition coefficient (Wildman–Crippen LogP) is 3.48. The summed E-state index contributed by atoms with van der Waals surface area (Å²) in [6.45, 7) is 4.39. The number of halogens is 2. The second kappa shape index (κ2) is 7.56. The van der Waals surface area contributed by atoms with Gasteiger partial charge in [-0.2, -0.15) is 0 Å². The molecule has 0 aromatic heterocycles. The van der Waals surface area contributed by atoms with Crippen LogP contribution >= 0.6 is 0 Å². The van der Waals surface area contributed by atoms with Crippen LogP contribution in [0.3, 0.4) is 0 Å². The first kappa shape index (κ1) is 17.9. The number of nitrogens with zero attached hydrogens (tertiary/aromatic N) is 1. The fraction of sp³-hybridized carbons (Fsp3) is 0.250. The molecule has 6 heteroatoms. The van der Waals surface area contributed by atoms with Crippen molar-refractivity contribution in [3.8, 4) is 0 Å². The van der Waals surface area contributed by atoms with E-state index in [9.17, 15) is 13.6 Å². The van der Waals surface area contributed by atoms with E-state index in [2.05, 4.69) is 11.9 Å². The molecule has 26 heavy (non-hydrogen) atoms. The molecule has 2 aromatic rings. The van der Waals surface area contributed by atoms with E-state index >= 15 is 0 Å². The highest BCUT2D eigenvalue weighted by molar-refractivity contribution is 5.76. The SMILES string of the molecule is C=C(N)CCNC(=O)N1CCc2ccccc2[C@H]1c1ccc(F)cc1F. The van der Waals surface area contributed by atoms with Crippen LogP contribution in [0.5, 0.6) is 0 Å². The molecule has 1 aliphatic rings. The summed E-state index contributed by atoms with van der Waals surface area (Å²) in [5, 5.41) is 2.79. The second-order valence-corrected chi connectivity index (χ2v) is 6.35. The van der Waals surface area contributed by atoms with Crippen molar-refractivity contribution in [1.82, 2.24) is 10.2 Å². The van der Waals surface area contributed by atoms with Gasteiger partial charge in [-0.3, -0.25) is 0 Å². The molecule has 4 nitrogen and oxygen atoms in total. The first-order chi connectivity index (χ1) is 12.5. The van der Waals surface area contributed by atoms with Gasteiger partial charge < -0.3 is 16.0 Å². The Labute approximate surface area is 151 Å². The van der Waals surface area contributed by atoms with Gasteiger partial charge in [0.2, 0.25) is 0 Å². The number of benzene rings is 2. The van der Waals surface area contributed by atoms with Gasteiger partial charge in [-0.05, 0) is 23.6 Å². The zero-order valence-corrected chi connectivity index (χ0v) is 14.3. The molecule has 136 valence electrons. The molecule has 1 atom stereocenters. The van der Waals surface area contributed by atoms with Crippen molar-refractivity contribution in [2.75, 3.05) is 13.1 Å². The maximum Gasteiger partial charge on any atom is 0.318 e. The molecule has 0 saturated carbocycles. The smallest absolute Gasteiger partial charge is 0.318 e. The number of hydrogen-bond donors (Lipinski definition) is 2. The van der Waals surface area contributed by atoms with E-state index in [-0.39, 0.29) is 11.6 Å². The number of carbonyl (C=O) groups excluding carboxylic acids is 1. The molecular weight excluding hydrogens is 336 g/mol. The average molecular weight is 357 g/mol. The molecule has 3 N–H and O–H groups in total. The molecule has 1 heterocycles. The fourth-order valence-electron chi connectivity index (χ4n) is 3.28. The summed E-state index contributed by atoms with van der Waals surface area (Å²) < 4.78 is 27.9. The summed E-state index contributed by atoms with van der Waals surface area (Å²) in [6.07, 6.45) is 1.14. The van der Waals surface area contributed by atoms with E-state index in [1.165, 1.54) is 12.1 Å². The zero-order valence-electron chi connectivity index (χ0n) is 14.3. The number of rotatable bonds is 4. The number of urea groups is 1. The van der Waals surface area contributed by atoms with Crippen LogP contribution in [0, 0.1) is 11.6 Å². The number of hydrogen-bond acceptors (Lipinski definition) is 2. The van der Waals surface area contributed by atoms with Gasteiger partial charge >= 0.3 is 6.03 Å². The summed E-state index contributed by atoms with van der Waals surface area (Å²) in [7, 11) is 0. The minimum Gasteiger partial charge on any atom is -0.402 e. The van der Waals surface area contributed by atoms with E-state index in [0.29, 0.717) is 31.6 Å². The van der Waals surface area contributed by atoms with E-state index in [1.807, 2.05) is 24.3 Å². The summed E-state index contributed by atoms with van der Waals surface area (Å²) >= 11 is 0. The van der Waals surface area contributed by atoms with Crippen LogP contribution in [0.4, 0.5) is 13.6 Å². The lowest BCUT2D eigenvalue weighted by atomic mass is 9.88. The fourth-order valence-corrected chi connectivity index (χ4v) is 3.28. The Kier molecular flexibility index (Phi) is 5.21. The second-order valence-electron chi connectivity index (χ2n) is 6.35. The molecule has 0 spiro atoms. The van der Waals surface area contributed by atoms with Crippen molar-refractivity contribution in [2.24, 2.45) is 5.73 Å². The third kappa shape index (κ3) is 3.69. The highest BCUT2D eigenvalue weighted by atomic mass is 19.1. The monoisotopic (exact) mass is 357 g/mol. The largest absolute Gasteiger partial charge is 0.402 e. The minimum atomic E-state index is -0.667. The van der Waals surface area contributed by atoms with Crippen molar-refractivity contribution in [3.63, 3.8) is 0 Å². The topological polar surface area (TPSA) is 58.4 Å². The van der Waals surface area contributed by atoms with Crippen molar-refractivity contribution >= 4 is 6.03 Å². The molecule has 0 fully saturated rings. The number of nitrogens with one attached hydrogen (secondary N) is 1. The normalized spacial score (nSPS) is 16.1. The third-order valence-electron chi connectivity index (χ3n) is 4.52. The van der Waals surface area contributed by atoms with Crippen LogP contribution < -0.4 is 11.1 Å². The van der Waals surface area contributed by atoms with Gasteiger partial charge in [0.25, 0.3) is 0 Å². The number of nitrogens with two attached hydrogens (primary N) is 1. The molecular formula is C20H21F2N3O. The maximum absolute atomic E-state index is 14.5. The van der Waals surface area contributed by atoms with Crippen molar-refractivity contribution < 1.29 is 13.6 Å². The first-order valence-electron chi connectivity index (χ1n) is 8.48. The van der Waals surface area contributed by atoms with Crippen LogP contribution in [0.15, 0.2) is 54.7 Å². The summed E-state index contributed by atoms with van der Waals surface area (Å²) in [5.74, 6) is -1.31. The van der Waals surface area contributed by atoms with E-state index in [4.69, 9.17) is 5.73 Å².